The number of nitrogens with one attached hydrogen (secondary N) is 1. The van der Waals surface area contributed by atoms with E-state index in [4.69, 9.17) is 5.73 Å². The molecule has 0 amide bonds. The summed E-state index contributed by atoms with van der Waals surface area (Å²) in [4.78, 5) is 0. The summed E-state index contributed by atoms with van der Waals surface area (Å²) in [5.74, 6) is 0.800. The highest BCUT2D eigenvalue weighted by atomic mass is 32.2. The molecule has 0 aliphatic heterocycles. The van der Waals surface area contributed by atoms with Gasteiger partial charge in [-0.05, 0) is 18.8 Å². The number of rotatable bonds is 4. The first-order chi connectivity index (χ1) is 8.48. The fourth-order valence-electron chi connectivity index (χ4n) is 2.43. The first-order valence-electron chi connectivity index (χ1n) is 6.26. The highest BCUT2D eigenvalue weighted by Gasteiger charge is 2.22. The minimum atomic E-state index is -3.34. The average molecular weight is 272 g/mol. The van der Waals surface area contributed by atoms with E-state index in [1.54, 1.807) is 7.05 Å². The summed E-state index contributed by atoms with van der Waals surface area (Å²) in [5, 5.41) is 3.91. The number of anilines is 2. The number of aryl methyl sites for hydroxylation is 1. The highest BCUT2D eigenvalue weighted by molar-refractivity contribution is 7.92. The van der Waals surface area contributed by atoms with E-state index in [2.05, 4.69) is 9.82 Å². The molecule has 0 atom stereocenters. The van der Waals surface area contributed by atoms with Crippen molar-refractivity contribution in [3.05, 3.63) is 6.20 Å². The van der Waals surface area contributed by atoms with Crippen molar-refractivity contribution in [2.75, 3.05) is 16.2 Å². The Hall–Kier alpha value is -1.24. The molecule has 0 radical (unpaired) electrons. The molecule has 1 heterocycles. The number of hydrogen-bond acceptors (Lipinski definition) is 4. The van der Waals surface area contributed by atoms with Gasteiger partial charge in [0.2, 0.25) is 10.0 Å². The average Bonchev–Trinajstić information content (AvgIpc) is 2.61. The maximum Gasteiger partial charge on any atom is 0.234 e. The van der Waals surface area contributed by atoms with Crippen LogP contribution in [0.3, 0.4) is 0 Å². The molecule has 7 heteroatoms. The standard InChI is InChI=1S/C11H20N4O2S/c1-15-11(10(12)7-13-15)14-18(16,17)8-9-5-3-2-4-6-9/h7,9,14H,2-6,8,12H2,1H3. The summed E-state index contributed by atoms with van der Waals surface area (Å²) in [6, 6.07) is 0. The SMILES string of the molecule is Cn1ncc(N)c1NS(=O)(=O)CC1CCCCC1. The fourth-order valence-corrected chi connectivity index (χ4v) is 4.01. The summed E-state index contributed by atoms with van der Waals surface area (Å²) in [5.41, 5.74) is 6.02. The molecule has 1 aliphatic rings. The van der Waals surface area contributed by atoms with Gasteiger partial charge in [-0.25, -0.2) is 8.42 Å². The van der Waals surface area contributed by atoms with E-state index in [9.17, 15) is 8.42 Å². The molecule has 102 valence electrons. The molecule has 0 aromatic carbocycles. The summed E-state index contributed by atoms with van der Waals surface area (Å²) < 4.78 is 28.1. The lowest BCUT2D eigenvalue weighted by molar-refractivity contribution is 0.385. The Labute approximate surface area is 108 Å². The molecule has 1 fully saturated rings. The lowest BCUT2D eigenvalue weighted by atomic mass is 9.91. The van der Waals surface area contributed by atoms with Gasteiger partial charge >= 0.3 is 0 Å². The van der Waals surface area contributed by atoms with E-state index >= 15 is 0 Å². The van der Waals surface area contributed by atoms with E-state index in [1.807, 2.05) is 0 Å². The first kappa shape index (κ1) is 13.2. The summed E-state index contributed by atoms with van der Waals surface area (Å²) in [7, 11) is -1.68. The van der Waals surface area contributed by atoms with Crippen molar-refractivity contribution in [3.8, 4) is 0 Å². The predicted molar refractivity (Wildman–Crippen MR) is 71.6 cm³/mol. The van der Waals surface area contributed by atoms with Crippen LogP contribution in [-0.2, 0) is 17.1 Å². The largest absolute Gasteiger partial charge is 0.394 e. The second-order valence-corrected chi connectivity index (χ2v) is 6.73. The van der Waals surface area contributed by atoms with Gasteiger partial charge in [0.1, 0.15) is 0 Å². The number of aromatic nitrogens is 2. The smallest absolute Gasteiger partial charge is 0.234 e. The first-order valence-corrected chi connectivity index (χ1v) is 7.91. The molecule has 0 saturated heterocycles. The van der Waals surface area contributed by atoms with Crippen LogP contribution in [0.1, 0.15) is 32.1 Å². The third kappa shape index (κ3) is 3.16. The van der Waals surface area contributed by atoms with Gasteiger partial charge in [-0.15, -0.1) is 0 Å². The van der Waals surface area contributed by atoms with Crippen molar-refractivity contribution in [1.29, 1.82) is 0 Å². The van der Waals surface area contributed by atoms with Crippen LogP contribution >= 0.6 is 0 Å². The van der Waals surface area contributed by atoms with Crippen LogP contribution in [0.15, 0.2) is 6.20 Å². The van der Waals surface area contributed by atoms with Gasteiger partial charge in [0.05, 0.1) is 17.6 Å². The minimum absolute atomic E-state index is 0.178. The lowest BCUT2D eigenvalue weighted by Crippen LogP contribution is -2.25. The molecule has 6 nitrogen and oxygen atoms in total. The molecule has 3 N–H and O–H groups in total. The molecule has 1 aliphatic carbocycles. The molecule has 0 unspecified atom stereocenters. The number of hydrogen-bond donors (Lipinski definition) is 2. The van der Waals surface area contributed by atoms with Crippen molar-refractivity contribution >= 4 is 21.5 Å². The molecule has 2 rings (SSSR count). The van der Waals surface area contributed by atoms with Gasteiger partial charge in [0.25, 0.3) is 0 Å². The van der Waals surface area contributed by atoms with E-state index in [0.29, 0.717) is 11.5 Å². The van der Waals surface area contributed by atoms with Crippen LogP contribution in [0.4, 0.5) is 11.5 Å². The van der Waals surface area contributed by atoms with Crippen molar-refractivity contribution in [3.63, 3.8) is 0 Å². The topological polar surface area (TPSA) is 90.0 Å². The second-order valence-electron chi connectivity index (χ2n) is 4.96. The number of nitrogen functional groups attached to an aromatic ring is 1. The quantitative estimate of drug-likeness (QED) is 0.865. The van der Waals surface area contributed by atoms with Crippen molar-refractivity contribution in [2.45, 2.75) is 32.1 Å². The van der Waals surface area contributed by atoms with Crippen molar-refractivity contribution in [2.24, 2.45) is 13.0 Å². The van der Waals surface area contributed by atoms with Crippen LogP contribution in [0.25, 0.3) is 0 Å². The van der Waals surface area contributed by atoms with E-state index in [1.165, 1.54) is 17.3 Å². The maximum absolute atomic E-state index is 12.1. The summed E-state index contributed by atoms with van der Waals surface area (Å²) >= 11 is 0. The molecular formula is C11H20N4O2S. The molecule has 1 aromatic heterocycles. The third-order valence-electron chi connectivity index (χ3n) is 3.40. The summed E-state index contributed by atoms with van der Waals surface area (Å²) in [6.45, 7) is 0. The van der Waals surface area contributed by atoms with Gasteiger partial charge in [-0.1, -0.05) is 19.3 Å². The summed E-state index contributed by atoms with van der Waals surface area (Å²) in [6.07, 6.45) is 6.93. The molecule has 1 saturated carbocycles. The number of nitrogens with two attached hydrogens (primary N) is 1. The van der Waals surface area contributed by atoms with E-state index in [0.717, 1.165) is 25.7 Å². The third-order valence-corrected chi connectivity index (χ3v) is 4.81. The van der Waals surface area contributed by atoms with Gasteiger partial charge < -0.3 is 5.73 Å². The van der Waals surface area contributed by atoms with Gasteiger partial charge in [0, 0.05) is 7.05 Å². The van der Waals surface area contributed by atoms with E-state index < -0.39 is 10.0 Å². The maximum atomic E-state index is 12.1. The van der Waals surface area contributed by atoms with Gasteiger partial charge in [-0.3, -0.25) is 9.40 Å². The molecular weight excluding hydrogens is 252 g/mol. The van der Waals surface area contributed by atoms with Crippen LogP contribution in [0, 0.1) is 5.92 Å². The fraction of sp³-hybridized carbons (Fsp3) is 0.727. The van der Waals surface area contributed by atoms with Crippen LogP contribution in [-0.4, -0.2) is 24.0 Å². The lowest BCUT2D eigenvalue weighted by Gasteiger charge is -2.21. The molecule has 0 spiro atoms. The number of sulfonamides is 1. The van der Waals surface area contributed by atoms with Gasteiger partial charge in [0.15, 0.2) is 5.82 Å². The Kier molecular flexibility index (Phi) is 3.79. The number of nitrogens with zero attached hydrogens (tertiary/aromatic N) is 2. The zero-order valence-corrected chi connectivity index (χ0v) is 11.4. The Balaban J connectivity index is 2.03. The van der Waals surface area contributed by atoms with E-state index in [-0.39, 0.29) is 11.7 Å². The second kappa shape index (κ2) is 5.17. The van der Waals surface area contributed by atoms with Crippen LogP contribution in [0.5, 0.6) is 0 Å². The Bertz CT molecular complexity index is 484. The molecule has 18 heavy (non-hydrogen) atoms. The monoisotopic (exact) mass is 272 g/mol. The van der Waals surface area contributed by atoms with Crippen LogP contribution in [0.2, 0.25) is 0 Å². The highest BCUT2D eigenvalue weighted by Crippen LogP contribution is 2.26. The molecule has 1 aromatic rings. The normalized spacial score (nSPS) is 17.8. The van der Waals surface area contributed by atoms with Crippen LogP contribution < -0.4 is 10.5 Å². The van der Waals surface area contributed by atoms with Crippen molar-refractivity contribution in [1.82, 2.24) is 9.78 Å². The minimum Gasteiger partial charge on any atom is -0.394 e. The zero-order valence-electron chi connectivity index (χ0n) is 10.6. The zero-order chi connectivity index (χ0) is 13.2. The van der Waals surface area contributed by atoms with Gasteiger partial charge in [-0.2, -0.15) is 5.10 Å². The molecule has 0 bridgehead atoms. The Morgan fingerprint density at radius 1 is 1.44 bits per heavy atom. The Morgan fingerprint density at radius 3 is 2.67 bits per heavy atom. The predicted octanol–water partition coefficient (Wildman–Crippen LogP) is 1.32. The Morgan fingerprint density at radius 2 is 2.11 bits per heavy atom. The van der Waals surface area contributed by atoms with Crippen molar-refractivity contribution < 1.29 is 8.42 Å².